The van der Waals surface area contributed by atoms with E-state index in [0.29, 0.717) is 0 Å². The lowest BCUT2D eigenvalue weighted by Gasteiger charge is -2.41. The normalized spacial score (nSPS) is 14.3. The second-order valence-corrected chi connectivity index (χ2v) is 9.90. The van der Waals surface area contributed by atoms with Crippen LogP contribution < -0.4 is 4.90 Å². The van der Waals surface area contributed by atoms with Crippen molar-refractivity contribution in [3.63, 3.8) is 0 Å². The summed E-state index contributed by atoms with van der Waals surface area (Å²) in [5.74, 6) is 1.14. The van der Waals surface area contributed by atoms with Crippen LogP contribution in [0.4, 0.5) is 5.82 Å². The number of allylic oxidation sites excluding steroid dienone is 1. The van der Waals surface area contributed by atoms with Crippen molar-refractivity contribution in [2.24, 2.45) is 0 Å². The maximum atomic E-state index is 5.02. The van der Waals surface area contributed by atoms with Gasteiger partial charge in [-0.05, 0) is 30.0 Å². The number of nitrogens with zero attached hydrogens (tertiary/aromatic N) is 5. The van der Waals surface area contributed by atoms with Gasteiger partial charge in [0.1, 0.15) is 5.82 Å². The first kappa shape index (κ1) is 24.1. The van der Waals surface area contributed by atoms with Crippen LogP contribution in [0.3, 0.4) is 0 Å². The number of fused-ring (bicyclic) bond motifs is 1. The predicted molar refractivity (Wildman–Crippen MR) is 156 cm³/mol. The molecule has 6 rings (SSSR count). The third-order valence-electron chi connectivity index (χ3n) is 7.57. The van der Waals surface area contributed by atoms with Crippen LogP contribution in [0.25, 0.3) is 16.8 Å². The number of piperazine rings is 1. The summed E-state index contributed by atoms with van der Waals surface area (Å²) >= 11 is 0. The molecular formula is C33H33N5. The number of anilines is 1. The van der Waals surface area contributed by atoms with Crippen molar-refractivity contribution in [3.05, 3.63) is 132 Å². The molecule has 5 nitrogen and oxygen atoms in total. The molecule has 0 amide bonds. The molecule has 3 heterocycles. The molecule has 1 saturated heterocycles. The Hall–Kier alpha value is -4.22. The Morgan fingerprint density at radius 2 is 1.39 bits per heavy atom. The van der Waals surface area contributed by atoms with Gasteiger partial charge < -0.3 is 4.90 Å². The van der Waals surface area contributed by atoms with Gasteiger partial charge in [0.05, 0.1) is 12.2 Å². The fraction of sp³-hybridized carbons (Fsp3) is 0.212. The summed E-state index contributed by atoms with van der Waals surface area (Å²) in [6, 6.07) is 32.4. The van der Waals surface area contributed by atoms with E-state index < -0.39 is 0 Å². The summed E-state index contributed by atoms with van der Waals surface area (Å²) in [6.07, 6.45) is 4.69. The highest BCUT2D eigenvalue weighted by Crippen LogP contribution is 2.33. The summed E-state index contributed by atoms with van der Waals surface area (Å²) in [4.78, 5) is 10.1. The maximum Gasteiger partial charge on any atom is 0.165 e. The van der Waals surface area contributed by atoms with Gasteiger partial charge in [0.25, 0.3) is 0 Å². The van der Waals surface area contributed by atoms with Gasteiger partial charge in [0, 0.05) is 43.0 Å². The average Bonchev–Trinajstić information content (AvgIpc) is 3.39. The largest absolute Gasteiger partial charge is 0.354 e. The Morgan fingerprint density at radius 3 is 1.97 bits per heavy atom. The van der Waals surface area contributed by atoms with Gasteiger partial charge in [0.15, 0.2) is 5.65 Å². The second-order valence-electron chi connectivity index (χ2n) is 9.90. The smallest absolute Gasteiger partial charge is 0.165 e. The molecule has 0 atom stereocenters. The van der Waals surface area contributed by atoms with E-state index in [1.807, 2.05) is 18.3 Å². The zero-order valence-electron chi connectivity index (χ0n) is 21.9. The lowest BCUT2D eigenvalue weighted by molar-refractivity contribution is 0.211. The van der Waals surface area contributed by atoms with Crippen LogP contribution in [0, 0.1) is 6.92 Å². The number of rotatable bonds is 7. The maximum absolute atomic E-state index is 5.02. The van der Waals surface area contributed by atoms with Crippen LogP contribution >= 0.6 is 0 Å². The minimum atomic E-state index is 0.237. The van der Waals surface area contributed by atoms with Gasteiger partial charge >= 0.3 is 0 Å². The van der Waals surface area contributed by atoms with Crippen LogP contribution in [0.1, 0.15) is 28.4 Å². The van der Waals surface area contributed by atoms with Gasteiger partial charge in [-0.15, -0.1) is 6.58 Å². The van der Waals surface area contributed by atoms with Crippen LogP contribution in [0.5, 0.6) is 0 Å². The van der Waals surface area contributed by atoms with Crippen molar-refractivity contribution in [2.45, 2.75) is 19.4 Å². The first-order chi connectivity index (χ1) is 18.7. The Balaban J connectivity index is 1.35. The molecular weight excluding hydrogens is 466 g/mol. The molecule has 1 aliphatic heterocycles. The van der Waals surface area contributed by atoms with Gasteiger partial charge in [-0.3, -0.25) is 4.90 Å². The topological polar surface area (TPSA) is 36.7 Å². The molecule has 5 aromatic rings. The number of hydrogen-bond acceptors (Lipinski definition) is 4. The zero-order valence-corrected chi connectivity index (χ0v) is 21.9. The van der Waals surface area contributed by atoms with Gasteiger partial charge in [0.2, 0.25) is 0 Å². The quantitative estimate of drug-likeness (QED) is 0.245. The number of hydrogen-bond donors (Lipinski definition) is 0. The van der Waals surface area contributed by atoms with Crippen molar-refractivity contribution in [1.29, 1.82) is 0 Å². The van der Waals surface area contributed by atoms with E-state index in [1.165, 1.54) is 16.7 Å². The Labute approximate surface area is 224 Å². The fourth-order valence-corrected chi connectivity index (χ4v) is 5.73. The first-order valence-corrected chi connectivity index (χ1v) is 13.4. The SMILES string of the molecule is C=CCc1c(C)nc2c(-c3ccccc3)cnn2c1N1CCN(C(c2ccccc2)c2ccccc2)CC1. The standard InChI is InChI=1S/C33H33N5/c1-3-13-29-25(2)35-32-30(26-14-7-4-8-15-26)24-34-38(32)33(29)37-22-20-36(21-23-37)31(27-16-9-5-10-17-27)28-18-11-6-12-19-28/h3-12,14-19,24,31H,1,13,20-23H2,2H3. The summed E-state index contributed by atoms with van der Waals surface area (Å²) in [5, 5.41) is 4.87. The van der Waals surface area contributed by atoms with Gasteiger partial charge in [-0.2, -0.15) is 9.61 Å². The molecule has 1 fully saturated rings. The van der Waals surface area contributed by atoms with Crippen LogP contribution in [-0.4, -0.2) is 45.7 Å². The molecule has 38 heavy (non-hydrogen) atoms. The molecule has 0 bridgehead atoms. The minimum Gasteiger partial charge on any atom is -0.354 e. The highest BCUT2D eigenvalue weighted by molar-refractivity contribution is 5.79. The highest BCUT2D eigenvalue weighted by Gasteiger charge is 2.29. The third kappa shape index (κ3) is 4.50. The Kier molecular flexibility index (Phi) is 6.76. The second kappa shape index (κ2) is 10.6. The monoisotopic (exact) mass is 499 g/mol. The van der Waals surface area contributed by atoms with Gasteiger partial charge in [-0.25, -0.2) is 4.98 Å². The van der Waals surface area contributed by atoms with Crippen molar-refractivity contribution < 1.29 is 0 Å². The number of aryl methyl sites for hydroxylation is 1. The fourth-order valence-electron chi connectivity index (χ4n) is 5.73. The summed E-state index contributed by atoms with van der Waals surface area (Å²) in [5.41, 5.74) is 8.01. The van der Waals surface area contributed by atoms with E-state index in [-0.39, 0.29) is 6.04 Å². The molecule has 1 aliphatic rings. The van der Waals surface area contributed by atoms with Crippen molar-refractivity contribution in [1.82, 2.24) is 19.5 Å². The van der Waals surface area contributed by atoms with E-state index >= 15 is 0 Å². The molecule has 190 valence electrons. The summed E-state index contributed by atoms with van der Waals surface area (Å²) < 4.78 is 2.05. The van der Waals surface area contributed by atoms with Crippen molar-refractivity contribution >= 4 is 11.5 Å². The van der Waals surface area contributed by atoms with E-state index in [2.05, 4.69) is 113 Å². The Bertz CT molecular complexity index is 1480. The number of benzene rings is 3. The first-order valence-electron chi connectivity index (χ1n) is 13.4. The molecule has 0 N–H and O–H groups in total. The van der Waals surface area contributed by atoms with Crippen molar-refractivity contribution in [3.8, 4) is 11.1 Å². The summed E-state index contributed by atoms with van der Waals surface area (Å²) in [6.45, 7) is 9.89. The lowest BCUT2D eigenvalue weighted by Crippen LogP contribution is -2.48. The molecule has 0 saturated carbocycles. The van der Waals surface area contributed by atoms with Crippen LogP contribution in [0.15, 0.2) is 110 Å². The minimum absolute atomic E-state index is 0.237. The molecule has 0 radical (unpaired) electrons. The average molecular weight is 500 g/mol. The molecule has 2 aromatic heterocycles. The zero-order chi connectivity index (χ0) is 25.9. The summed E-state index contributed by atoms with van der Waals surface area (Å²) in [7, 11) is 0. The van der Waals surface area contributed by atoms with Crippen LogP contribution in [0.2, 0.25) is 0 Å². The lowest BCUT2D eigenvalue weighted by atomic mass is 9.96. The van der Waals surface area contributed by atoms with Gasteiger partial charge in [-0.1, -0.05) is 97.1 Å². The molecule has 0 spiro atoms. The predicted octanol–water partition coefficient (Wildman–Crippen LogP) is 6.34. The number of aromatic nitrogens is 3. The van der Waals surface area contributed by atoms with E-state index in [4.69, 9.17) is 10.1 Å². The molecule has 5 heteroatoms. The highest BCUT2D eigenvalue weighted by atomic mass is 15.4. The molecule has 0 unspecified atom stereocenters. The van der Waals surface area contributed by atoms with E-state index in [1.54, 1.807) is 0 Å². The van der Waals surface area contributed by atoms with E-state index in [0.717, 1.165) is 60.9 Å². The van der Waals surface area contributed by atoms with Crippen molar-refractivity contribution in [2.75, 3.05) is 31.1 Å². The third-order valence-corrected chi connectivity index (χ3v) is 7.57. The Morgan fingerprint density at radius 1 is 0.816 bits per heavy atom. The molecule has 3 aromatic carbocycles. The molecule has 0 aliphatic carbocycles. The van der Waals surface area contributed by atoms with Crippen LogP contribution in [-0.2, 0) is 6.42 Å². The van der Waals surface area contributed by atoms with E-state index in [9.17, 15) is 0 Å².